The molecule has 3 aromatic rings. The second-order valence-electron chi connectivity index (χ2n) is 10.2. The number of hydrogen-bond donors (Lipinski definition) is 9. The second kappa shape index (κ2) is 10.3. The molecule has 2 aliphatic heterocycles. The van der Waals surface area contributed by atoms with E-state index >= 15 is 0 Å². The predicted octanol–water partition coefficient (Wildman–Crippen LogP) is -0.338. The van der Waals surface area contributed by atoms with E-state index in [1.165, 1.54) is 38.1 Å². The first kappa shape index (κ1) is 28.3. The molecule has 5 rings (SSSR count). The fraction of sp³-hybridized carbons (Fsp3) is 0.444. The minimum atomic E-state index is -1.87. The van der Waals surface area contributed by atoms with Crippen molar-refractivity contribution in [1.82, 2.24) is 0 Å². The Bertz CT molecular complexity index is 1470. The lowest BCUT2D eigenvalue weighted by atomic mass is 9.85. The quantitative estimate of drug-likeness (QED) is 0.199. The molecule has 0 spiro atoms. The number of phenolic OH excluding ortho intramolecular Hbond substituents is 3. The highest BCUT2D eigenvalue weighted by atomic mass is 16.5. The van der Waals surface area contributed by atoms with Crippen molar-refractivity contribution in [2.75, 3.05) is 0 Å². The number of ether oxygens (including phenoxy) is 2. The summed E-state index contributed by atoms with van der Waals surface area (Å²) in [4.78, 5) is 13.4. The van der Waals surface area contributed by atoms with Gasteiger partial charge in [0.25, 0.3) is 0 Å². The molecule has 0 saturated carbocycles. The Morgan fingerprint density at radius 3 is 1.68 bits per heavy atom. The van der Waals surface area contributed by atoms with E-state index in [-0.39, 0.29) is 11.5 Å². The SMILES string of the molecule is C[C@@H]1O[C@@H](c2c(O)c([C@@H]3O[C@@H](C)[C@H](O)[C@@H](O)[C@@H]3O)c3oc(-c4ccc(O)cc4)cc(=O)c3c2O)[C@H](O)[C@H](O)[C@H]1O. The summed E-state index contributed by atoms with van der Waals surface area (Å²) in [5, 5.41) is 94.7. The molecular weight excluding hydrogens is 532 g/mol. The van der Waals surface area contributed by atoms with Gasteiger partial charge < -0.3 is 59.8 Å². The first-order chi connectivity index (χ1) is 18.8. The Hall–Kier alpha value is -3.27. The predicted molar refractivity (Wildman–Crippen MR) is 136 cm³/mol. The normalized spacial score (nSPS) is 34.7. The van der Waals surface area contributed by atoms with Crippen molar-refractivity contribution in [2.24, 2.45) is 0 Å². The Labute approximate surface area is 226 Å². The third-order valence-corrected chi connectivity index (χ3v) is 7.62. The number of aliphatic hydroxyl groups is 6. The van der Waals surface area contributed by atoms with Gasteiger partial charge in [0.1, 0.15) is 77.2 Å². The first-order valence-electron chi connectivity index (χ1n) is 12.6. The van der Waals surface area contributed by atoms with Gasteiger partial charge in [0.2, 0.25) is 0 Å². The summed E-state index contributed by atoms with van der Waals surface area (Å²) in [6.07, 6.45) is -15.7. The van der Waals surface area contributed by atoms with Crippen LogP contribution in [0.3, 0.4) is 0 Å². The average Bonchev–Trinajstić information content (AvgIpc) is 2.91. The molecule has 0 aliphatic carbocycles. The van der Waals surface area contributed by atoms with Crippen LogP contribution in [-0.4, -0.2) is 94.8 Å². The third kappa shape index (κ3) is 4.40. The molecule has 10 atom stereocenters. The highest BCUT2D eigenvalue weighted by Gasteiger charge is 2.48. The lowest BCUT2D eigenvalue weighted by molar-refractivity contribution is -0.222. The lowest BCUT2D eigenvalue weighted by Gasteiger charge is -2.41. The topological polar surface area (TPSA) is 231 Å². The number of aliphatic hydroxyl groups excluding tert-OH is 6. The molecule has 0 bridgehead atoms. The maximum Gasteiger partial charge on any atom is 0.197 e. The summed E-state index contributed by atoms with van der Waals surface area (Å²) in [5.74, 6) is -1.82. The van der Waals surface area contributed by atoms with Crippen LogP contribution in [0.4, 0.5) is 0 Å². The van der Waals surface area contributed by atoms with Gasteiger partial charge in [-0.2, -0.15) is 0 Å². The molecule has 216 valence electrons. The Morgan fingerprint density at radius 2 is 1.15 bits per heavy atom. The minimum absolute atomic E-state index is 0.0506. The molecule has 13 heteroatoms. The van der Waals surface area contributed by atoms with E-state index in [1.807, 2.05) is 0 Å². The highest BCUT2D eigenvalue weighted by molar-refractivity contribution is 5.92. The summed E-state index contributed by atoms with van der Waals surface area (Å²) in [5.41, 5.74) is -1.89. The van der Waals surface area contributed by atoms with Gasteiger partial charge in [0.15, 0.2) is 11.0 Å². The molecule has 2 aromatic carbocycles. The van der Waals surface area contributed by atoms with E-state index in [2.05, 4.69) is 0 Å². The number of rotatable bonds is 3. The smallest absolute Gasteiger partial charge is 0.197 e. The molecular formula is C27H30O13. The summed E-state index contributed by atoms with van der Waals surface area (Å²) < 4.78 is 17.3. The Balaban J connectivity index is 1.82. The molecule has 40 heavy (non-hydrogen) atoms. The number of benzene rings is 2. The van der Waals surface area contributed by atoms with Crippen molar-refractivity contribution in [1.29, 1.82) is 0 Å². The van der Waals surface area contributed by atoms with E-state index in [9.17, 15) is 50.8 Å². The van der Waals surface area contributed by atoms with Gasteiger partial charge in [-0.3, -0.25) is 4.79 Å². The Kier molecular flexibility index (Phi) is 7.27. The van der Waals surface area contributed by atoms with E-state index in [4.69, 9.17) is 13.9 Å². The number of phenols is 3. The monoisotopic (exact) mass is 562 g/mol. The molecule has 13 nitrogen and oxygen atoms in total. The van der Waals surface area contributed by atoms with Gasteiger partial charge in [0.05, 0.1) is 23.3 Å². The molecule has 0 amide bonds. The summed E-state index contributed by atoms with van der Waals surface area (Å²) in [7, 11) is 0. The molecule has 2 aliphatic rings. The van der Waals surface area contributed by atoms with Gasteiger partial charge in [-0.25, -0.2) is 0 Å². The largest absolute Gasteiger partial charge is 0.508 e. The minimum Gasteiger partial charge on any atom is -0.508 e. The van der Waals surface area contributed by atoms with Gasteiger partial charge in [-0.1, -0.05) is 0 Å². The van der Waals surface area contributed by atoms with E-state index < -0.39 is 100 Å². The van der Waals surface area contributed by atoms with Crippen molar-refractivity contribution in [3.63, 3.8) is 0 Å². The lowest BCUT2D eigenvalue weighted by Crippen LogP contribution is -2.53. The number of fused-ring (bicyclic) bond motifs is 1. The zero-order chi connectivity index (χ0) is 29.2. The van der Waals surface area contributed by atoms with Gasteiger partial charge in [-0.05, 0) is 38.1 Å². The molecule has 1 aromatic heterocycles. The summed E-state index contributed by atoms with van der Waals surface area (Å²) >= 11 is 0. The fourth-order valence-electron chi connectivity index (χ4n) is 5.29. The van der Waals surface area contributed by atoms with Crippen LogP contribution < -0.4 is 5.43 Å². The van der Waals surface area contributed by atoms with Crippen LogP contribution in [-0.2, 0) is 9.47 Å². The van der Waals surface area contributed by atoms with Crippen molar-refractivity contribution >= 4 is 11.0 Å². The highest BCUT2D eigenvalue weighted by Crippen LogP contribution is 2.50. The standard InChI is InChI=1S/C27H30O13/c1-8-17(30)21(34)23(36)26(38-8)15-19(32)14-12(29)7-13(10-3-5-11(28)6-4-10)40-25(14)16(20(15)33)27-24(37)22(35)18(31)9(2)39-27/h3-9,17-18,21-24,26-28,30-37H,1-2H3/t8-,9-,17-,18-,21+,22+,23+,24-,26-,27-/m0/s1. The number of aromatic hydroxyl groups is 3. The third-order valence-electron chi connectivity index (χ3n) is 7.62. The first-order valence-corrected chi connectivity index (χ1v) is 12.6. The van der Waals surface area contributed by atoms with Gasteiger partial charge in [-0.15, -0.1) is 0 Å². The molecule has 2 fully saturated rings. The second-order valence-corrected chi connectivity index (χ2v) is 10.2. The maximum absolute atomic E-state index is 13.4. The molecule has 0 unspecified atom stereocenters. The van der Waals surface area contributed by atoms with Crippen LogP contribution in [0, 0.1) is 0 Å². The van der Waals surface area contributed by atoms with Crippen LogP contribution >= 0.6 is 0 Å². The average molecular weight is 563 g/mol. The van der Waals surface area contributed by atoms with Crippen molar-refractivity contribution in [3.8, 4) is 28.6 Å². The van der Waals surface area contributed by atoms with Crippen LogP contribution in [0.5, 0.6) is 17.2 Å². The van der Waals surface area contributed by atoms with E-state index in [1.54, 1.807) is 0 Å². The van der Waals surface area contributed by atoms with Crippen molar-refractivity contribution in [3.05, 3.63) is 51.7 Å². The zero-order valence-electron chi connectivity index (χ0n) is 21.3. The van der Waals surface area contributed by atoms with Crippen molar-refractivity contribution in [2.45, 2.75) is 74.9 Å². The Morgan fingerprint density at radius 1 is 0.650 bits per heavy atom. The summed E-state index contributed by atoms with van der Waals surface area (Å²) in [6.45, 7) is 2.79. The van der Waals surface area contributed by atoms with Crippen LogP contribution in [0.2, 0.25) is 0 Å². The van der Waals surface area contributed by atoms with Crippen LogP contribution in [0.15, 0.2) is 39.5 Å². The molecule has 2 saturated heterocycles. The van der Waals surface area contributed by atoms with E-state index in [0.29, 0.717) is 5.56 Å². The number of hydrogen-bond acceptors (Lipinski definition) is 13. The maximum atomic E-state index is 13.4. The summed E-state index contributed by atoms with van der Waals surface area (Å²) in [6, 6.07) is 6.62. The van der Waals surface area contributed by atoms with E-state index in [0.717, 1.165) is 6.07 Å². The van der Waals surface area contributed by atoms with Crippen molar-refractivity contribution < 1.29 is 59.8 Å². The molecule has 9 N–H and O–H groups in total. The van der Waals surface area contributed by atoms with Crippen LogP contribution in [0.25, 0.3) is 22.3 Å². The van der Waals surface area contributed by atoms with Gasteiger partial charge in [0, 0.05) is 11.6 Å². The van der Waals surface area contributed by atoms with Crippen LogP contribution in [0.1, 0.15) is 37.2 Å². The molecule has 0 radical (unpaired) electrons. The zero-order valence-corrected chi connectivity index (χ0v) is 21.3. The molecule has 3 heterocycles. The van der Waals surface area contributed by atoms with Gasteiger partial charge >= 0.3 is 0 Å². The fourth-order valence-corrected chi connectivity index (χ4v) is 5.29.